The van der Waals surface area contributed by atoms with E-state index in [1.807, 2.05) is 17.7 Å². The lowest BCUT2D eigenvalue weighted by molar-refractivity contribution is 0.0600. The van der Waals surface area contributed by atoms with Gasteiger partial charge in [-0.3, -0.25) is 0 Å². The molecule has 6 heteroatoms. The van der Waals surface area contributed by atoms with E-state index in [1.54, 1.807) is 24.4 Å². The maximum absolute atomic E-state index is 11.5. The van der Waals surface area contributed by atoms with Crippen LogP contribution in [0.4, 0.5) is 5.69 Å². The number of anilines is 1. The number of aromatic nitrogens is 2. The molecule has 106 valence electrons. The van der Waals surface area contributed by atoms with E-state index in [2.05, 4.69) is 9.72 Å². The van der Waals surface area contributed by atoms with Crippen LogP contribution in [0.3, 0.4) is 0 Å². The molecule has 1 heterocycles. The molecular weight excluding hydrogens is 258 g/mol. The molecule has 2 N–H and O–H groups in total. The van der Waals surface area contributed by atoms with Gasteiger partial charge in [0.05, 0.1) is 24.9 Å². The van der Waals surface area contributed by atoms with Crippen molar-refractivity contribution in [1.82, 2.24) is 9.55 Å². The zero-order valence-corrected chi connectivity index (χ0v) is 11.5. The highest BCUT2D eigenvalue weighted by Gasteiger charge is 2.09. The molecule has 0 spiro atoms. The van der Waals surface area contributed by atoms with Crippen LogP contribution < -0.4 is 10.5 Å². The minimum Gasteiger partial charge on any atom is -0.490 e. The molecule has 0 fully saturated rings. The van der Waals surface area contributed by atoms with Crippen LogP contribution in [0.2, 0.25) is 0 Å². The number of methoxy groups -OCH3 is 1. The number of nitrogens with zero attached hydrogens (tertiary/aromatic N) is 2. The van der Waals surface area contributed by atoms with E-state index in [-0.39, 0.29) is 0 Å². The van der Waals surface area contributed by atoms with Crippen molar-refractivity contribution in [2.45, 2.75) is 13.5 Å². The first kappa shape index (κ1) is 13.9. The number of aryl methyl sites for hydroxylation is 1. The summed E-state index contributed by atoms with van der Waals surface area (Å²) in [5.41, 5.74) is 6.72. The predicted molar refractivity (Wildman–Crippen MR) is 74.7 cm³/mol. The third-order valence-electron chi connectivity index (χ3n) is 2.95. The van der Waals surface area contributed by atoms with E-state index in [4.69, 9.17) is 10.5 Å². The maximum Gasteiger partial charge on any atom is 0.337 e. The van der Waals surface area contributed by atoms with Crippen molar-refractivity contribution < 1.29 is 14.3 Å². The Kier molecular flexibility index (Phi) is 4.24. The smallest absolute Gasteiger partial charge is 0.337 e. The zero-order valence-electron chi connectivity index (χ0n) is 11.5. The van der Waals surface area contributed by atoms with Gasteiger partial charge in [-0.25, -0.2) is 9.78 Å². The van der Waals surface area contributed by atoms with Crippen LogP contribution in [0.25, 0.3) is 0 Å². The first-order valence-corrected chi connectivity index (χ1v) is 6.20. The lowest BCUT2D eigenvalue weighted by Gasteiger charge is -2.11. The molecule has 0 saturated heterocycles. The third-order valence-corrected chi connectivity index (χ3v) is 2.95. The zero-order chi connectivity index (χ0) is 14.5. The summed E-state index contributed by atoms with van der Waals surface area (Å²) in [6.07, 6.45) is 3.62. The lowest BCUT2D eigenvalue weighted by atomic mass is 10.2. The van der Waals surface area contributed by atoms with Gasteiger partial charge in [0, 0.05) is 12.4 Å². The van der Waals surface area contributed by atoms with Gasteiger partial charge < -0.3 is 19.8 Å². The topological polar surface area (TPSA) is 79.4 Å². The minimum absolute atomic E-state index is 0.413. The summed E-state index contributed by atoms with van der Waals surface area (Å²) < 4.78 is 12.3. The van der Waals surface area contributed by atoms with E-state index >= 15 is 0 Å². The number of esters is 1. The van der Waals surface area contributed by atoms with Crippen molar-refractivity contribution in [2.75, 3.05) is 19.5 Å². The van der Waals surface area contributed by atoms with Crippen LogP contribution in [0.15, 0.2) is 30.6 Å². The molecule has 0 aliphatic heterocycles. The summed E-state index contributed by atoms with van der Waals surface area (Å²) in [6, 6.07) is 4.82. The molecule has 0 aliphatic rings. The van der Waals surface area contributed by atoms with Gasteiger partial charge in [-0.1, -0.05) is 0 Å². The van der Waals surface area contributed by atoms with Crippen molar-refractivity contribution in [2.24, 2.45) is 0 Å². The number of carbonyl (C=O) groups excluding carboxylic acids is 1. The summed E-state index contributed by atoms with van der Waals surface area (Å²) in [5, 5.41) is 0. The van der Waals surface area contributed by atoms with Crippen molar-refractivity contribution in [3.63, 3.8) is 0 Å². The average molecular weight is 275 g/mol. The van der Waals surface area contributed by atoms with E-state index in [0.717, 1.165) is 5.82 Å². The monoisotopic (exact) mass is 275 g/mol. The van der Waals surface area contributed by atoms with Gasteiger partial charge in [0.25, 0.3) is 0 Å². The molecule has 0 unspecified atom stereocenters. The number of hydrogen-bond acceptors (Lipinski definition) is 5. The van der Waals surface area contributed by atoms with E-state index < -0.39 is 5.97 Å². The Hall–Kier alpha value is -2.50. The number of imidazole rings is 1. The van der Waals surface area contributed by atoms with E-state index in [0.29, 0.717) is 30.2 Å². The molecule has 1 aromatic carbocycles. The SMILES string of the molecule is COC(=O)c1ccc(N)c(OCCn2ccnc2C)c1. The van der Waals surface area contributed by atoms with Gasteiger partial charge in [-0.05, 0) is 25.1 Å². The van der Waals surface area contributed by atoms with Gasteiger partial charge in [0.1, 0.15) is 18.2 Å². The normalized spacial score (nSPS) is 10.3. The Morgan fingerprint density at radius 2 is 2.25 bits per heavy atom. The van der Waals surface area contributed by atoms with Crippen LogP contribution in [0.1, 0.15) is 16.2 Å². The third kappa shape index (κ3) is 3.09. The number of nitrogens with two attached hydrogens (primary N) is 1. The summed E-state index contributed by atoms with van der Waals surface area (Å²) >= 11 is 0. The molecule has 0 aliphatic carbocycles. The molecule has 0 radical (unpaired) electrons. The van der Waals surface area contributed by atoms with Crippen LogP contribution in [-0.4, -0.2) is 29.2 Å². The lowest BCUT2D eigenvalue weighted by Crippen LogP contribution is -2.10. The largest absolute Gasteiger partial charge is 0.490 e. The molecule has 6 nitrogen and oxygen atoms in total. The Bertz CT molecular complexity index is 607. The molecule has 0 bridgehead atoms. The second-order valence-corrected chi connectivity index (χ2v) is 4.26. The standard InChI is InChI=1S/C14H17N3O3/c1-10-16-5-6-17(10)7-8-20-13-9-11(14(18)19-2)3-4-12(13)15/h3-6,9H,7-8,15H2,1-2H3. The summed E-state index contributed by atoms with van der Waals surface area (Å²) in [6.45, 7) is 3.02. The number of carbonyl (C=O) groups is 1. The van der Waals surface area contributed by atoms with Gasteiger partial charge >= 0.3 is 5.97 Å². The van der Waals surface area contributed by atoms with Crippen LogP contribution in [-0.2, 0) is 11.3 Å². The summed E-state index contributed by atoms with van der Waals surface area (Å²) in [5.74, 6) is 0.982. The Balaban J connectivity index is 2.02. The summed E-state index contributed by atoms with van der Waals surface area (Å²) in [7, 11) is 1.33. The quantitative estimate of drug-likeness (QED) is 0.663. The molecule has 2 rings (SSSR count). The first-order chi connectivity index (χ1) is 9.61. The summed E-state index contributed by atoms with van der Waals surface area (Å²) in [4.78, 5) is 15.6. The maximum atomic E-state index is 11.5. The first-order valence-electron chi connectivity index (χ1n) is 6.20. The van der Waals surface area contributed by atoms with Crippen LogP contribution in [0.5, 0.6) is 5.75 Å². The van der Waals surface area contributed by atoms with Gasteiger partial charge in [0.2, 0.25) is 0 Å². The second-order valence-electron chi connectivity index (χ2n) is 4.26. The predicted octanol–water partition coefficient (Wildman–Crippen LogP) is 1.64. The van der Waals surface area contributed by atoms with Crippen LogP contribution in [0, 0.1) is 6.92 Å². The molecule has 0 atom stereocenters. The van der Waals surface area contributed by atoms with Gasteiger partial charge in [0.15, 0.2) is 0 Å². The number of benzene rings is 1. The van der Waals surface area contributed by atoms with E-state index in [9.17, 15) is 4.79 Å². The Labute approximate surface area is 117 Å². The molecule has 20 heavy (non-hydrogen) atoms. The Morgan fingerprint density at radius 1 is 1.45 bits per heavy atom. The van der Waals surface area contributed by atoms with E-state index in [1.165, 1.54) is 7.11 Å². The number of rotatable bonds is 5. The fraction of sp³-hybridized carbons (Fsp3) is 0.286. The van der Waals surface area contributed by atoms with Crippen molar-refractivity contribution >= 4 is 11.7 Å². The Morgan fingerprint density at radius 3 is 2.90 bits per heavy atom. The van der Waals surface area contributed by atoms with Crippen molar-refractivity contribution in [3.8, 4) is 5.75 Å². The molecule has 0 saturated carbocycles. The van der Waals surface area contributed by atoms with Crippen LogP contribution >= 0.6 is 0 Å². The fourth-order valence-electron chi connectivity index (χ4n) is 1.80. The molecule has 0 amide bonds. The average Bonchev–Trinajstić information content (AvgIpc) is 2.85. The number of hydrogen-bond donors (Lipinski definition) is 1. The molecular formula is C14H17N3O3. The fourth-order valence-corrected chi connectivity index (χ4v) is 1.80. The van der Waals surface area contributed by atoms with Crippen molar-refractivity contribution in [1.29, 1.82) is 0 Å². The highest BCUT2D eigenvalue weighted by atomic mass is 16.5. The highest BCUT2D eigenvalue weighted by molar-refractivity contribution is 5.90. The minimum atomic E-state index is -0.416. The van der Waals surface area contributed by atoms with Gasteiger partial charge in [-0.2, -0.15) is 0 Å². The van der Waals surface area contributed by atoms with Crippen molar-refractivity contribution in [3.05, 3.63) is 42.0 Å². The number of ether oxygens (including phenoxy) is 2. The van der Waals surface area contributed by atoms with Gasteiger partial charge in [-0.15, -0.1) is 0 Å². The molecule has 1 aromatic heterocycles. The highest BCUT2D eigenvalue weighted by Crippen LogP contribution is 2.23. The molecule has 2 aromatic rings. The number of nitrogen functional groups attached to an aromatic ring is 1. The second kappa shape index (κ2) is 6.10.